The van der Waals surface area contributed by atoms with Crippen LogP contribution in [0, 0.1) is 20.8 Å². The highest BCUT2D eigenvalue weighted by Gasteiger charge is 2.32. The molecule has 5 heterocycles. The fourth-order valence-electron chi connectivity index (χ4n) is 6.43. The van der Waals surface area contributed by atoms with Crippen LogP contribution in [0.15, 0.2) is 18.2 Å². The highest BCUT2D eigenvalue weighted by atomic mass is 16.5. The molecule has 42 heavy (non-hydrogen) atoms. The summed E-state index contributed by atoms with van der Waals surface area (Å²) in [4.78, 5) is 41.2. The second-order valence-electron chi connectivity index (χ2n) is 11.4. The Morgan fingerprint density at radius 2 is 1.64 bits per heavy atom. The lowest BCUT2D eigenvalue weighted by Gasteiger charge is -2.16. The first-order chi connectivity index (χ1) is 20.0. The maximum absolute atomic E-state index is 12.6. The Labute approximate surface area is 244 Å². The van der Waals surface area contributed by atoms with Crippen molar-refractivity contribution in [3.05, 3.63) is 68.8 Å². The molecule has 0 unspecified atom stereocenters. The molecule has 0 saturated heterocycles. The van der Waals surface area contributed by atoms with Gasteiger partial charge >= 0.3 is 11.9 Å². The Morgan fingerprint density at radius 3 is 2.29 bits per heavy atom. The van der Waals surface area contributed by atoms with Crippen LogP contribution in [0.2, 0.25) is 0 Å². The van der Waals surface area contributed by atoms with Crippen molar-refractivity contribution in [3.63, 3.8) is 0 Å². The Kier molecular flexibility index (Phi) is 7.81. The number of carboxylic acids is 2. The summed E-state index contributed by atoms with van der Waals surface area (Å²) in [6, 6.07) is 6.01. The number of ether oxygens (including phenoxy) is 1. The Hall–Kier alpha value is -4.24. The smallest absolute Gasteiger partial charge is 0.338 e. The Bertz CT molecular complexity index is 1810. The topological polar surface area (TPSA) is 141 Å². The number of hydrogen-bond acceptors (Lipinski definition) is 5. The standard InChI is InChI=1S/C33H38N4O5/c1-8-20-15(2)24-12-28-22(14-42-7)17(4)23(35-28)11-25-16(3)21(9-10-29(38)39)31(36-25)19(6)32-30(33(40)41)18(5)26(37-32)13-27(20)34-24/h11-13,16,21,34,37H,8-10,14H2,1-7H3,(H,38,39)(H,40,41)/t16-,21-/m0/s1. The predicted octanol–water partition coefficient (Wildman–Crippen LogP) is 6.83. The maximum Gasteiger partial charge on any atom is 0.338 e. The van der Waals surface area contributed by atoms with Gasteiger partial charge in [-0.25, -0.2) is 9.78 Å². The van der Waals surface area contributed by atoms with Gasteiger partial charge < -0.3 is 24.9 Å². The number of H-pyrrole nitrogens is 2. The molecule has 9 nitrogen and oxygen atoms in total. The van der Waals surface area contributed by atoms with Gasteiger partial charge in [0.15, 0.2) is 0 Å². The number of nitrogens with one attached hydrogen (secondary N) is 2. The Morgan fingerprint density at radius 1 is 0.929 bits per heavy atom. The number of aromatic carboxylic acids is 1. The molecule has 0 fully saturated rings. The maximum atomic E-state index is 12.6. The van der Waals surface area contributed by atoms with Gasteiger partial charge in [-0.15, -0.1) is 0 Å². The SMILES string of the molecule is CCc1c(C)c2cc3nc(cc4nc(c(C)c5[nH]c(cc1[nH]2)c(C)c5C(=O)O)[C@@H](CCC(=O)O)[C@@H]4C)C(C)=C3COC. The fourth-order valence-corrected chi connectivity index (χ4v) is 6.43. The molecule has 0 saturated carbocycles. The van der Waals surface area contributed by atoms with Gasteiger partial charge in [0, 0.05) is 58.9 Å². The summed E-state index contributed by atoms with van der Waals surface area (Å²) in [5.41, 5.74) is 11.9. The lowest BCUT2D eigenvalue weighted by atomic mass is 9.85. The fraction of sp³-hybridized carbons (Fsp3) is 0.394. The van der Waals surface area contributed by atoms with Crippen molar-refractivity contribution in [1.29, 1.82) is 0 Å². The first kappa shape index (κ1) is 29.3. The molecule has 2 aliphatic heterocycles. The van der Waals surface area contributed by atoms with Crippen LogP contribution in [0.5, 0.6) is 0 Å². The molecule has 9 heteroatoms. The van der Waals surface area contributed by atoms with Crippen LogP contribution in [0.3, 0.4) is 0 Å². The van der Waals surface area contributed by atoms with E-state index in [-0.39, 0.29) is 23.8 Å². The summed E-state index contributed by atoms with van der Waals surface area (Å²) in [6.45, 7) is 12.4. The number of aromatic amines is 2. The predicted molar refractivity (Wildman–Crippen MR) is 164 cm³/mol. The molecule has 2 atom stereocenters. The van der Waals surface area contributed by atoms with E-state index in [4.69, 9.17) is 14.7 Å². The van der Waals surface area contributed by atoms with Crippen molar-refractivity contribution in [2.45, 2.75) is 72.6 Å². The molecule has 5 rings (SSSR count). The molecule has 0 aliphatic carbocycles. The molecule has 3 aromatic rings. The van der Waals surface area contributed by atoms with E-state index in [2.05, 4.69) is 29.9 Å². The van der Waals surface area contributed by atoms with Gasteiger partial charge in [-0.1, -0.05) is 13.8 Å². The number of carboxylic acid groups (broad SMARTS) is 2. The number of nitrogens with zero attached hydrogens (tertiary/aromatic N) is 2. The number of fused-ring (bicyclic) bond motifs is 8. The highest BCUT2D eigenvalue weighted by molar-refractivity contribution is 6.02. The van der Waals surface area contributed by atoms with Crippen LogP contribution in [0.4, 0.5) is 0 Å². The van der Waals surface area contributed by atoms with Crippen LogP contribution >= 0.6 is 0 Å². The van der Waals surface area contributed by atoms with Crippen molar-refractivity contribution in [2.24, 2.45) is 0 Å². The third-order valence-corrected chi connectivity index (χ3v) is 8.94. The molecule has 220 valence electrons. The normalized spacial score (nSPS) is 16.7. The van der Waals surface area contributed by atoms with Crippen molar-refractivity contribution < 1.29 is 24.5 Å². The second kappa shape index (κ2) is 11.2. The van der Waals surface area contributed by atoms with Gasteiger partial charge in [-0.3, -0.25) is 9.78 Å². The number of allylic oxidation sites excluding steroid dienone is 1. The minimum absolute atomic E-state index is 0.0119. The second-order valence-corrected chi connectivity index (χ2v) is 11.4. The first-order valence-electron chi connectivity index (χ1n) is 14.3. The van der Waals surface area contributed by atoms with E-state index in [0.717, 1.165) is 56.8 Å². The molecule has 0 amide bonds. The molecule has 0 radical (unpaired) electrons. The molecule has 0 aromatic carbocycles. The minimum atomic E-state index is -1.03. The van der Waals surface area contributed by atoms with E-state index < -0.39 is 11.9 Å². The van der Waals surface area contributed by atoms with E-state index in [1.165, 1.54) is 0 Å². The van der Waals surface area contributed by atoms with Gasteiger partial charge in [-0.2, -0.15) is 0 Å². The van der Waals surface area contributed by atoms with Gasteiger partial charge in [0.1, 0.15) is 0 Å². The van der Waals surface area contributed by atoms with E-state index in [1.807, 2.05) is 39.8 Å². The number of aryl methyl sites for hydroxylation is 4. The molecular weight excluding hydrogens is 532 g/mol. The summed E-state index contributed by atoms with van der Waals surface area (Å²) >= 11 is 0. The minimum Gasteiger partial charge on any atom is -0.481 e. The van der Waals surface area contributed by atoms with Crippen LogP contribution in [-0.2, 0) is 16.0 Å². The zero-order valence-corrected chi connectivity index (χ0v) is 25.2. The van der Waals surface area contributed by atoms with Crippen LogP contribution in [0.25, 0.3) is 33.2 Å². The summed E-state index contributed by atoms with van der Waals surface area (Å²) in [5, 5.41) is 19.8. The van der Waals surface area contributed by atoms with Crippen LogP contribution < -0.4 is 0 Å². The highest BCUT2D eigenvalue weighted by Crippen LogP contribution is 2.42. The molecule has 2 aliphatic rings. The zero-order chi connectivity index (χ0) is 30.5. The van der Waals surface area contributed by atoms with Gasteiger partial charge in [-0.05, 0) is 86.6 Å². The number of aromatic nitrogens is 4. The van der Waals surface area contributed by atoms with Crippen LogP contribution in [-0.4, -0.2) is 55.8 Å². The van der Waals surface area contributed by atoms with E-state index >= 15 is 0 Å². The van der Waals surface area contributed by atoms with E-state index in [0.29, 0.717) is 40.9 Å². The lowest BCUT2D eigenvalue weighted by Crippen LogP contribution is -2.07. The molecule has 8 bridgehead atoms. The molecule has 0 spiro atoms. The Balaban J connectivity index is 1.98. The largest absolute Gasteiger partial charge is 0.481 e. The molecular formula is C33H38N4O5. The third-order valence-electron chi connectivity index (χ3n) is 8.94. The summed E-state index contributed by atoms with van der Waals surface area (Å²) in [6.07, 6.45) is 1.17. The molecule has 3 aromatic heterocycles. The number of carbonyl (C=O) groups is 2. The number of hydrogen-bond donors (Lipinski definition) is 4. The summed E-state index contributed by atoms with van der Waals surface area (Å²) in [5.74, 6) is -2.18. The van der Waals surface area contributed by atoms with Crippen molar-refractivity contribution in [2.75, 3.05) is 13.7 Å². The van der Waals surface area contributed by atoms with Crippen LogP contribution in [0.1, 0.15) is 101 Å². The van der Waals surface area contributed by atoms with E-state index in [9.17, 15) is 19.8 Å². The zero-order valence-electron chi connectivity index (χ0n) is 25.2. The van der Waals surface area contributed by atoms with Gasteiger partial charge in [0.05, 0.1) is 29.1 Å². The van der Waals surface area contributed by atoms with Crippen molar-refractivity contribution in [1.82, 2.24) is 19.9 Å². The number of methoxy groups -OCH3 is 1. The van der Waals surface area contributed by atoms with Gasteiger partial charge in [0.2, 0.25) is 0 Å². The lowest BCUT2D eigenvalue weighted by molar-refractivity contribution is -0.137. The number of rotatable bonds is 7. The summed E-state index contributed by atoms with van der Waals surface area (Å²) in [7, 11) is 1.67. The summed E-state index contributed by atoms with van der Waals surface area (Å²) < 4.78 is 5.56. The first-order valence-corrected chi connectivity index (χ1v) is 14.3. The van der Waals surface area contributed by atoms with E-state index in [1.54, 1.807) is 7.11 Å². The average Bonchev–Trinajstić information content (AvgIpc) is 3.61. The van der Waals surface area contributed by atoms with Crippen molar-refractivity contribution >= 4 is 45.2 Å². The third kappa shape index (κ3) is 4.91. The quantitative estimate of drug-likeness (QED) is 0.244. The van der Waals surface area contributed by atoms with Crippen molar-refractivity contribution in [3.8, 4) is 0 Å². The monoisotopic (exact) mass is 570 g/mol. The van der Waals surface area contributed by atoms with Gasteiger partial charge in [0.25, 0.3) is 0 Å². The molecule has 4 N–H and O–H groups in total. The number of aliphatic carboxylic acids is 1. The average molecular weight is 571 g/mol.